The summed E-state index contributed by atoms with van der Waals surface area (Å²) in [6, 6.07) is 4.06. The summed E-state index contributed by atoms with van der Waals surface area (Å²) in [5.74, 6) is -2.19. The molecular weight excluding hydrogens is 241 g/mol. The van der Waals surface area contributed by atoms with Crippen LogP contribution in [0.1, 0.15) is 16.8 Å². The Labute approximate surface area is 104 Å². The molecule has 1 aromatic carbocycles. The number of nitrogens with zero attached hydrogens (tertiary/aromatic N) is 1. The van der Waals surface area contributed by atoms with E-state index < -0.39 is 17.7 Å². The minimum Gasteiger partial charge on any atom is -0.496 e. The van der Waals surface area contributed by atoms with Crippen molar-refractivity contribution >= 4 is 11.9 Å². The van der Waals surface area contributed by atoms with Crippen LogP contribution in [0.25, 0.3) is 0 Å². The number of aliphatic carboxylic acids is 1. The van der Waals surface area contributed by atoms with Crippen LogP contribution in [0.5, 0.6) is 5.75 Å². The first kappa shape index (κ1) is 14.0. The number of carbonyl (C=O) groups is 2. The van der Waals surface area contributed by atoms with Crippen LogP contribution in [-0.4, -0.2) is 42.6 Å². The van der Waals surface area contributed by atoms with Gasteiger partial charge in [0, 0.05) is 13.6 Å². The number of halogens is 1. The average molecular weight is 255 g/mol. The van der Waals surface area contributed by atoms with Crippen LogP contribution < -0.4 is 4.74 Å². The number of methoxy groups -OCH3 is 1. The molecule has 0 fully saturated rings. The molecule has 0 spiro atoms. The molecule has 0 aromatic heterocycles. The fourth-order valence-corrected chi connectivity index (χ4v) is 1.44. The largest absolute Gasteiger partial charge is 0.496 e. The molecule has 0 aliphatic rings. The fourth-order valence-electron chi connectivity index (χ4n) is 1.44. The number of ether oxygens (including phenoxy) is 1. The lowest BCUT2D eigenvalue weighted by Crippen LogP contribution is -2.30. The van der Waals surface area contributed by atoms with E-state index in [0.717, 1.165) is 11.0 Å². The lowest BCUT2D eigenvalue weighted by atomic mass is 10.1. The summed E-state index contributed by atoms with van der Waals surface area (Å²) in [5.41, 5.74) is -0.187. The molecule has 18 heavy (non-hydrogen) atoms. The van der Waals surface area contributed by atoms with Gasteiger partial charge in [-0.25, -0.2) is 4.39 Å². The molecule has 0 saturated heterocycles. The second kappa shape index (κ2) is 6.00. The number of amides is 1. The molecule has 1 amide bonds. The first-order valence-corrected chi connectivity index (χ1v) is 5.27. The quantitative estimate of drug-likeness (QED) is 0.863. The topological polar surface area (TPSA) is 66.8 Å². The molecule has 0 atom stereocenters. The first-order chi connectivity index (χ1) is 8.47. The Balaban J connectivity index is 2.92. The van der Waals surface area contributed by atoms with Crippen molar-refractivity contribution in [1.82, 2.24) is 4.90 Å². The van der Waals surface area contributed by atoms with E-state index in [1.54, 1.807) is 0 Å². The highest BCUT2D eigenvalue weighted by Crippen LogP contribution is 2.22. The first-order valence-electron chi connectivity index (χ1n) is 5.27. The summed E-state index contributed by atoms with van der Waals surface area (Å²) in [5, 5.41) is 8.53. The summed E-state index contributed by atoms with van der Waals surface area (Å²) in [4.78, 5) is 23.5. The van der Waals surface area contributed by atoms with Gasteiger partial charge in [0.25, 0.3) is 5.91 Å². The Bertz CT molecular complexity index is 461. The second-order valence-electron chi connectivity index (χ2n) is 3.69. The number of carbonyl (C=O) groups excluding carboxylic acids is 1. The number of rotatable bonds is 5. The van der Waals surface area contributed by atoms with Crippen LogP contribution in [0.2, 0.25) is 0 Å². The predicted octanol–water partition coefficient (Wildman–Crippen LogP) is 1.38. The Morgan fingerprint density at radius 3 is 2.67 bits per heavy atom. The third-order valence-corrected chi connectivity index (χ3v) is 2.42. The van der Waals surface area contributed by atoms with E-state index in [1.807, 2.05) is 0 Å². The Morgan fingerprint density at radius 2 is 2.11 bits per heavy atom. The number of benzene rings is 1. The van der Waals surface area contributed by atoms with Crippen LogP contribution in [0.3, 0.4) is 0 Å². The van der Waals surface area contributed by atoms with Gasteiger partial charge >= 0.3 is 5.97 Å². The van der Waals surface area contributed by atoms with Gasteiger partial charge in [0.05, 0.1) is 13.5 Å². The van der Waals surface area contributed by atoms with E-state index in [0.29, 0.717) is 0 Å². The molecule has 1 N–H and O–H groups in total. The van der Waals surface area contributed by atoms with Gasteiger partial charge in [0.1, 0.15) is 17.1 Å². The zero-order valence-corrected chi connectivity index (χ0v) is 10.1. The fraction of sp³-hybridized carbons (Fsp3) is 0.333. The minimum atomic E-state index is -1.02. The summed E-state index contributed by atoms with van der Waals surface area (Å²) in [7, 11) is 2.75. The molecule has 0 heterocycles. The summed E-state index contributed by atoms with van der Waals surface area (Å²) < 4.78 is 18.5. The van der Waals surface area contributed by atoms with Gasteiger partial charge in [-0.15, -0.1) is 0 Å². The SMILES string of the molecule is COc1cccc(F)c1C(=O)N(C)CCC(=O)O. The summed E-state index contributed by atoms with van der Waals surface area (Å²) in [6.07, 6.45) is -0.195. The van der Waals surface area contributed by atoms with E-state index in [4.69, 9.17) is 9.84 Å². The van der Waals surface area contributed by atoms with Gasteiger partial charge in [0.15, 0.2) is 0 Å². The van der Waals surface area contributed by atoms with E-state index in [2.05, 4.69) is 0 Å². The van der Waals surface area contributed by atoms with E-state index >= 15 is 0 Å². The highest BCUT2D eigenvalue weighted by atomic mass is 19.1. The molecule has 98 valence electrons. The van der Waals surface area contributed by atoms with Gasteiger partial charge in [-0.3, -0.25) is 9.59 Å². The van der Waals surface area contributed by atoms with Gasteiger partial charge in [-0.2, -0.15) is 0 Å². The highest BCUT2D eigenvalue weighted by Gasteiger charge is 2.21. The molecule has 0 aliphatic heterocycles. The van der Waals surface area contributed by atoms with Crippen molar-refractivity contribution in [2.24, 2.45) is 0 Å². The molecule has 0 unspecified atom stereocenters. The lowest BCUT2D eigenvalue weighted by Gasteiger charge is -2.18. The van der Waals surface area contributed by atoms with Crippen LogP contribution in [0, 0.1) is 5.82 Å². The van der Waals surface area contributed by atoms with Crippen LogP contribution in [0.15, 0.2) is 18.2 Å². The lowest BCUT2D eigenvalue weighted by molar-refractivity contribution is -0.137. The van der Waals surface area contributed by atoms with Gasteiger partial charge in [-0.05, 0) is 12.1 Å². The maximum atomic E-state index is 13.6. The normalized spacial score (nSPS) is 9.94. The summed E-state index contributed by atoms with van der Waals surface area (Å²) in [6.45, 7) is 0.00561. The Morgan fingerprint density at radius 1 is 1.44 bits per heavy atom. The van der Waals surface area contributed by atoms with Crippen molar-refractivity contribution in [3.05, 3.63) is 29.6 Å². The zero-order chi connectivity index (χ0) is 13.7. The zero-order valence-electron chi connectivity index (χ0n) is 10.1. The number of hydrogen-bond donors (Lipinski definition) is 1. The molecule has 5 nitrogen and oxygen atoms in total. The van der Waals surface area contributed by atoms with Crippen molar-refractivity contribution in [2.45, 2.75) is 6.42 Å². The Kier molecular flexibility index (Phi) is 4.65. The van der Waals surface area contributed by atoms with Crippen molar-refractivity contribution in [3.63, 3.8) is 0 Å². The van der Waals surface area contributed by atoms with E-state index in [9.17, 15) is 14.0 Å². The van der Waals surface area contributed by atoms with Crippen LogP contribution in [0.4, 0.5) is 4.39 Å². The third-order valence-electron chi connectivity index (χ3n) is 2.42. The highest BCUT2D eigenvalue weighted by molar-refractivity contribution is 5.97. The van der Waals surface area contributed by atoms with Crippen LogP contribution in [-0.2, 0) is 4.79 Å². The van der Waals surface area contributed by atoms with E-state index in [-0.39, 0.29) is 24.3 Å². The van der Waals surface area contributed by atoms with E-state index in [1.165, 1.54) is 26.3 Å². The number of carboxylic acids is 1. The Hall–Kier alpha value is -2.11. The number of hydrogen-bond acceptors (Lipinski definition) is 3. The molecule has 0 radical (unpaired) electrons. The number of carboxylic acid groups (broad SMARTS) is 1. The summed E-state index contributed by atoms with van der Waals surface area (Å²) >= 11 is 0. The maximum Gasteiger partial charge on any atom is 0.305 e. The second-order valence-corrected chi connectivity index (χ2v) is 3.69. The molecule has 1 aromatic rings. The molecule has 0 bridgehead atoms. The van der Waals surface area contributed by atoms with Crippen molar-refractivity contribution in [1.29, 1.82) is 0 Å². The van der Waals surface area contributed by atoms with Crippen molar-refractivity contribution in [2.75, 3.05) is 20.7 Å². The van der Waals surface area contributed by atoms with Gasteiger partial charge in [-0.1, -0.05) is 6.07 Å². The molecular formula is C12H14FNO4. The minimum absolute atomic E-state index is 0.00561. The maximum absolute atomic E-state index is 13.6. The van der Waals surface area contributed by atoms with Crippen molar-refractivity contribution < 1.29 is 23.8 Å². The van der Waals surface area contributed by atoms with Crippen molar-refractivity contribution in [3.8, 4) is 5.75 Å². The standard InChI is InChI=1S/C12H14FNO4/c1-14(7-6-10(15)16)12(17)11-8(13)4-3-5-9(11)18-2/h3-5H,6-7H2,1-2H3,(H,15,16). The van der Waals surface area contributed by atoms with Gasteiger partial charge < -0.3 is 14.7 Å². The molecule has 0 aliphatic carbocycles. The molecule has 6 heteroatoms. The smallest absolute Gasteiger partial charge is 0.305 e. The molecule has 1 rings (SSSR count). The predicted molar refractivity (Wildman–Crippen MR) is 62.2 cm³/mol. The monoisotopic (exact) mass is 255 g/mol. The van der Waals surface area contributed by atoms with Crippen LogP contribution >= 0.6 is 0 Å². The molecule has 0 saturated carbocycles. The third kappa shape index (κ3) is 3.19. The van der Waals surface area contributed by atoms with Gasteiger partial charge in [0.2, 0.25) is 0 Å². The average Bonchev–Trinajstić information content (AvgIpc) is 2.34.